The Hall–Kier alpha value is -2.62. The summed E-state index contributed by atoms with van der Waals surface area (Å²) in [4.78, 5) is 0. The van der Waals surface area contributed by atoms with E-state index >= 15 is 0 Å². The fourth-order valence-corrected chi connectivity index (χ4v) is 3.65. The molecule has 122 valence electrons. The maximum absolute atomic E-state index is 5.39. The van der Waals surface area contributed by atoms with Gasteiger partial charge >= 0.3 is 0 Å². The summed E-state index contributed by atoms with van der Waals surface area (Å²) in [6.07, 6.45) is 2.03. The second-order valence-corrected chi connectivity index (χ2v) is 6.48. The van der Waals surface area contributed by atoms with Crippen LogP contribution in [0.3, 0.4) is 0 Å². The van der Waals surface area contributed by atoms with Crippen LogP contribution in [0.4, 0.5) is 0 Å². The molecule has 0 bridgehead atoms. The second-order valence-electron chi connectivity index (χ2n) is 6.48. The molecule has 4 heteroatoms. The van der Waals surface area contributed by atoms with Crippen molar-refractivity contribution in [2.75, 3.05) is 14.2 Å². The normalized spacial score (nSPS) is 21.5. The molecule has 0 saturated heterocycles. The van der Waals surface area contributed by atoms with Crippen molar-refractivity contribution in [1.82, 2.24) is 0 Å². The summed E-state index contributed by atoms with van der Waals surface area (Å²) < 4.78 is 10.6. The van der Waals surface area contributed by atoms with E-state index in [0.29, 0.717) is 0 Å². The van der Waals surface area contributed by atoms with Gasteiger partial charge in [-0.05, 0) is 67.3 Å². The molecule has 2 aromatic rings. The lowest BCUT2D eigenvalue weighted by molar-refractivity contribution is 0.414. The molecule has 1 unspecified atom stereocenters. The van der Waals surface area contributed by atoms with Crippen LogP contribution >= 0.6 is 0 Å². The predicted octanol–water partition coefficient (Wildman–Crippen LogP) is 3.86. The lowest BCUT2D eigenvalue weighted by atomic mass is 9.67. The highest BCUT2D eigenvalue weighted by atomic mass is 16.5. The second kappa shape index (κ2) is 5.48. The summed E-state index contributed by atoms with van der Waals surface area (Å²) in [5.74, 6) is 1.71. The molecule has 0 N–H and O–H groups in total. The molecule has 0 radical (unpaired) electrons. The van der Waals surface area contributed by atoms with Crippen molar-refractivity contribution >= 4 is 11.4 Å². The molecular formula is C20H20N2O2. The zero-order valence-corrected chi connectivity index (χ0v) is 14.2. The lowest BCUT2D eigenvalue weighted by Crippen LogP contribution is -2.38. The van der Waals surface area contributed by atoms with E-state index in [9.17, 15) is 0 Å². The Kier molecular flexibility index (Phi) is 3.41. The number of ether oxygens (including phenoxy) is 2. The van der Waals surface area contributed by atoms with Crippen molar-refractivity contribution in [2.24, 2.45) is 15.6 Å². The Bertz CT molecular complexity index is 852. The number of aryl methyl sites for hydroxylation is 1. The van der Waals surface area contributed by atoms with Gasteiger partial charge in [-0.25, -0.2) is 0 Å². The Morgan fingerprint density at radius 1 is 0.875 bits per heavy atom. The minimum atomic E-state index is -0.159. The summed E-state index contributed by atoms with van der Waals surface area (Å²) in [6, 6.07) is 14.3. The number of fused-ring (bicyclic) bond motifs is 3. The van der Waals surface area contributed by atoms with Crippen molar-refractivity contribution in [3.05, 3.63) is 59.2 Å². The van der Waals surface area contributed by atoms with Gasteiger partial charge < -0.3 is 9.47 Å². The quantitative estimate of drug-likeness (QED) is 0.862. The molecule has 0 spiro atoms. The van der Waals surface area contributed by atoms with Crippen LogP contribution in [0.15, 0.2) is 52.7 Å². The third kappa shape index (κ3) is 2.13. The Morgan fingerprint density at radius 2 is 1.54 bits per heavy atom. The molecule has 1 aliphatic carbocycles. The molecule has 24 heavy (non-hydrogen) atoms. The van der Waals surface area contributed by atoms with Gasteiger partial charge in [0.2, 0.25) is 0 Å². The summed E-state index contributed by atoms with van der Waals surface area (Å²) in [6.45, 7) is 2.24. The molecule has 0 saturated carbocycles. The average Bonchev–Trinajstić information content (AvgIpc) is 2.99. The maximum atomic E-state index is 5.39. The summed E-state index contributed by atoms with van der Waals surface area (Å²) >= 11 is 0. The third-order valence-electron chi connectivity index (χ3n) is 5.13. The van der Waals surface area contributed by atoms with Gasteiger partial charge in [0.15, 0.2) is 0 Å². The average molecular weight is 320 g/mol. The lowest BCUT2D eigenvalue weighted by Gasteiger charge is -2.33. The van der Waals surface area contributed by atoms with E-state index in [1.54, 1.807) is 14.2 Å². The van der Waals surface area contributed by atoms with Crippen LogP contribution in [0.1, 0.15) is 30.0 Å². The number of hydrogen-bond donors (Lipinski definition) is 0. The fraction of sp³-hybridized carbons (Fsp3) is 0.300. The van der Waals surface area contributed by atoms with Crippen LogP contribution in [0.25, 0.3) is 0 Å². The predicted molar refractivity (Wildman–Crippen MR) is 95.5 cm³/mol. The highest BCUT2D eigenvalue weighted by Crippen LogP contribution is 2.43. The molecule has 2 aliphatic rings. The number of rotatable bonds is 3. The molecule has 0 amide bonds. The first-order chi connectivity index (χ1) is 11.7. The van der Waals surface area contributed by atoms with E-state index in [2.05, 4.69) is 41.4 Å². The third-order valence-corrected chi connectivity index (χ3v) is 5.13. The van der Waals surface area contributed by atoms with Crippen LogP contribution in [-0.2, 0) is 6.42 Å². The van der Waals surface area contributed by atoms with Crippen molar-refractivity contribution in [3.63, 3.8) is 0 Å². The van der Waals surface area contributed by atoms with E-state index in [-0.39, 0.29) is 5.41 Å². The Morgan fingerprint density at radius 3 is 2.25 bits per heavy atom. The summed E-state index contributed by atoms with van der Waals surface area (Å²) in [7, 11) is 3.37. The molecule has 4 nitrogen and oxygen atoms in total. The molecule has 0 fully saturated rings. The van der Waals surface area contributed by atoms with Gasteiger partial charge in [0, 0.05) is 5.56 Å². The van der Waals surface area contributed by atoms with E-state index in [1.165, 1.54) is 5.56 Å². The summed E-state index contributed by atoms with van der Waals surface area (Å²) in [5, 5.41) is 9.12. The van der Waals surface area contributed by atoms with Gasteiger partial charge in [-0.3, -0.25) is 0 Å². The van der Waals surface area contributed by atoms with Gasteiger partial charge in [-0.2, -0.15) is 10.2 Å². The molecule has 1 heterocycles. The van der Waals surface area contributed by atoms with Gasteiger partial charge in [-0.15, -0.1) is 0 Å². The molecule has 1 atom stereocenters. The minimum absolute atomic E-state index is 0.159. The molecule has 2 aromatic carbocycles. The highest BCUT2D eigenvalue weighted by molar-refractivity contribution is 6.26. The molecule has 0 aromatic heterocycles. The zero-order chi connectivity index (χ0) is 16.7. The van der Waals surface area contributed by atoms with Crippen molar-refractivity contribution in [2.45, 2.75) is 19.8 Å². The standard InChI is InChI=1S/C20H20N2O2/c1-20-11-10-13-4-9-16(24-3)12-17(13)19(20)22-21-18(20)14-5-7-15(23-2)8-6-14/h4-9,12H,10-11H2,1-3H3. The maximum Gasteiger partial charge on any atom is 0.119 e. The fourth-order valence-electron chi connectivity index (χ4n) is 3.65. The zero-order valence-electron chi connectivity index (χ0n) is 14.2. The molecule has 4 rings (SSSR count). The van der Waals surface area contributed by atoms with Gasteiger partial charge in [0.05, 0.1) is 31.1 Å². The van der Waals surface area contributed by atoms with E-state index < -0.39 is 0 Å². The van der Waals surface area contributed by atoms with Gasteiger partial charge in [0.1, 0.15) is 11.5 Å². The van der Waals surface area contributed by atoms with Crippen LogP contribution in [0.2, 0.25) is 0 Å². The number of methoxy groups -OCH3 is 2. The van der Waals surface area contributed by atoms with Crippen LogP contribution in [0, 0.1) is 5.41 Å². The van der Waals surface area contributed by atoms with Gasteiger partial charge in [-0.1, -0.05) is 6.07 Å². The number of benzene rings is 2. The Labute approximate surface area is 141 Å². The van der Waals surface area contributed by atoms with Crippen LogP contribution < -0.4 is 9.47 Å². The first kappa shape index (κ1) is 14.9. The van der Waals surface area contributed by atoms with Crippen molar-refractivity contribution in [3.8, 4) is 11.5 Å². The van der Waals surface area contributed by atoms with Crippen molar-refractivity contribution < 1.29 is 9.47 Å². The highest BCUT2D eigenvalue weighted by Gasteiger charge is 2.44. The topological polar surface area (TPSA) is 43.2 Å². The smallest absolute Gasteiger partial charge is 0.119 e. The monoisotopic (exact) mass is 320 g/mol. The van der Waals surface area contributed by atoms with Crippen LogP contribution in [0.5, 0.6) is 11.5 Å². The van der Waals surface area contributed by atoms with E-state index in [4.69, 9.17) is 9.47 Å². The molecule has 1 aliphatic heterocycles. The first-order valence-electron chi connectivity index (χ1n) is 8.14. The van der Waals surface area contributed by atoms with Gasteiger partial charge in [0.25, 0.3) is 0 Å². The minimum Gasteiger partial charge on any atom is -0.497 e. The number of nitrogens with zero attached hydrogens (tertiary/aromatic N) is 2. The molecular weight excluding hydrogens is 300 g/mol. The largest absolute Gasteiger partial charge is 0.497 e. The Balaban J connectivity index is 1.74. The number of hydrogen-bond acceptors (Lipinski definition) is 4. The van der Waals surface area contributed by atoms with Crippen LogP contribution in [-0.4, -0.2) is 25.6 Å². The van der Waals surface area contributed by atoms with E-state index in [1.807, 2.05) is 18.2 Å². The van der Waals surface area contributed by atoms with E-state index in [0.717, 1.165) is 46.9 Å². The summed E-state index contributed by atoms with van der Waals surface area (Å²) in [5.41, 5.74) is 5.51. The SMILES string of the molecule is COc1ccc(C2=NN=C3c4cc(OC)ccc4CCC23C)cc1. The van der Waals surface area contributed by atoms with Crippen molar-refractivity contribution in [1.29, 1.82) is 0 Å². The first-order valence-corrected chi connectivity index (χ1v) is 8.14.